The molecule has 1 fully saturated rings. The van der Waals surface area contributed by atoms with Crippen molar-refractivity contribution in [2.45, 2.75) is 57.7 Å². The summed E-state index contributed by atoms with van der Waals surface area (Å²) >= 11 is 0. The van der Waals surface area contributed by atoms with E-state index in [1.165, 1.54) is 23.3 Å². The molecular formula is C22H27FN10. The van der Waals surface area contributed by atoms with E-state index in [4.69, 9.17) is 0 Å². The van der Waals surface area contributed by atoms with E-state index < -0.39 is 5.82 Å². The average Bonchev–Trinajstić information content (AvgIpc) is 3.28. The quantitative estimate of drug-likeness (QED) is 0.603. The summed E-state index contributed by atoms with van der Waals surface area (Å²) in [6.45, 7) is 8.88. The van der Waals surface area contributed by atoms with Crippen molar-refractivity contribution < 1.29 is 4.39 Å². The maximum atomic E-state index is 14.2. The number of nitrogens with one attached hydrogen (secondary N) is 2. The fourth-order valence-electron chi connectivity index (χ4n) is 4.47. The normalized spacial score (nSPS) is 18.0. The van der Waals surface area contributed by atoms with Crippen LogP contribution in [0.5, 0.6) is 0 Å². The first-order chi connectivity index (χ1) is 15.6. The summed E-state index contributed by atoms with van der Waals surface area (Å²) in [4.78, 5) is 11.2. The second-order valence-corrected chi connectivity index (χ2v) is 9.55. The molecule has 0 radical (unpaired) electrons. The SMILES string of the molecule is CN1C(C)(C)CC(Nc2nc(Nc3ccc(F)c(-n4cnnn4)c3)ncc2C#N)CC1(C)C. The van der Waals surface area contributed by atoms with Crippen molar-refractivity contribution in [3.8, 4) is 11.8 Å². The molecule has 0 atom stereocenters. The highest BCUT2D eigenvalue weighted by Gasteiger charge is 2.43. The van der Waals surface area contributed by atoms with Crippen molar-refractivity contribution in [1.82, 2.24) is 35.1 Å². The zero-order valence-electron chi connectivity index (χ0n) is 19.3. The molecule has 1 aliphatic heterocycles. The first-order valence-electron chi connectivity index (χ1n) is 10.7. The van der Waals surface area contributed by atoms with Gasteiger partial charge in [0.15, 0.2) is 0 Å². The van der Waals surface area contributed by atoms with Gasteiger partial charge in [0.2, 0.25) is 5.95 Å². The average molecular weight is 451 g/mol. The number of nitriles is 1. The van der Waals surface area contributed by atoms with Gasteiger partial charge in [0, 0.05) is 22.8 Å². The molecule has 0 aliphatic carbocycles. The Morgan fingerprint density at radius 3 is 2.55 bits per heavy atom. The molecule has 2 aromatic heterocycles. The van der Waals surface area contributed by atoms with Crippen LogP contribution in [0.3, 0.4) is 0 Å². The van der Waals surface area contributed by atoms with Crippen molar-refractivity contribution in [3.63, 3.8) is 0 Å². The van der Waals surface area contributed by atoms with Crippen LogP contribution < -0.4 is 10.6 Å². The van der Waals surface area contributed by atoms with E-state index >= 15 is 0 Å². The van der Waals surface area contributed by atoms with Gasteiger partial charge in [-0.3, -0.25) is 4.90 Å². The Morgan fingerprint density at radius 2 is 1.91 bits per heavy atom. The Labute approximate surface area is 191 Å². The fraction of sp³-hybridized carbons (Fsp3) is 0.455. The van der Waals surface area contributed by atoms with Gasteiger partial charge in [-0.15, -0.1) is 5.10 Å². The fourth-order valence-corrected chi connectivity index (χ4v) is 4.47. The Morgan fingerprint density at radius 1 is 1.18 bits per heavy atom. The van der Waals surface area contributed by atoms with Crippen molar-refractivity contribution in [2.24, 2.45) is 0 Å². The van der Waals surface area contributed by atoms with E-state index in [0.29, 0.717) is 17.1 Å². The molecule has 3 aromatic rings. The van der Waals surface area contributed by atoms with E-state index in [1.54, 1.807) is 12.1 Å². The monoisotopic (exact) mass is 450 g/mol. The lowest BCUT2D eigenvalue weighted by molar-refractivity contribution is -0.00772. The maximum absolute atomic E-state index is 14.2. The third-order valence-electron chi connectivity index (χ3n) is 6.36. The van der Waals surface area contributed by atoms with Crippen LogP contribution in [0.25, 0.3) is 5.69 Å². The lowest BCUT2D eigenvalue weighted by Gasteiger charge is -2.53. The number of aromatic nitrogens is 6. The molecule has 2 N–H and O–H groups in total. The molecule has 0 spiro atoms. The van der Waals surface area contributed by atoms with Gasteiger partial charge in [0.05, 0.1) is 6.20 Å². The van der Waals surface area contributed by atoms with Gasteiger partial charge in [-0.25, -0.2) is 9.37 Å². The minimum absolute atomic E-state index is 0.0128. The van der Waals surface area contributed by atoms with Gasteiger partial charge in [0.1, 0.15) is 35.3 Å². The standard InChI is InChI=1S/C22H27FN10/c1-21(2)9-16(10-22(3,4)32(21)5)27-19-14(11-24)12-25-20(29-19)28-15-6-7-17(23)18(8-15)33-13-26-30-31-33/h6-8,12-13,16H,9-10H2,1-5H3,(H2,25,27,28,29). The lowest BCUT2D eigenvalue weighted by atomic mass is 9.77. The van der Waals surface area contributed by atoms with E-state index in [9.17, 15) is 9.65 Å². The topological polar surface area (TPSA) is 120 Å². The Bertz CT molecular complexity index is 1160. The lowest BCUT2D eigenvalue weighted by Crippen LogP contribution is -2.61. The predicted molar refractivity (Wildman–Crippen MR) is 122 cm³/mol. The number of hydrogen-bond acceptors (Lipinski definition) is 9. The highest BCUT2D eigenvalue weighted by Crippen LogP contribution is 2.38. The molecule has 0 saturated carbocycles. The van der Waals surface area contributed by atoms with E-state index in [0.717, 1.165) is 12.8 Å². The van der Waals surface area contributed by atoms with E-state index in [2.05, 4.69) is 81.8 Å². The molecule has 33 heavy (non-hydrogen) atoms. The molecule has 10 nitrogen and oxygen atoms in total. The van der Waals surface area contributed by atoms with Crippen LogP contribution in [0.2, 0.25) is 0 Å². The number of halogens is 1. The van der Waals surface area contributed by atoms with Crippen LogP contribution in [-0.4, -0.2) is 59.2 Å². The third-order valence-corrected chi connectivity index (χ3v) is 6.36. The van der Waals surface area contributed by atoms with Gasteiger partial charge in [-0.05, 0) is 76.2 Å². The number of likely N-dealkylation sites (tertiary alicyclic amines) is 1. The molecule has 0 bridgehead atoms. The smallest absolute Gasteiger partial charge is 0.229 e. The highest BCUT2D eigenvalue weighted by molar-refractivity contribution is 5.61. The number of hydrogen-bond donors (Lipinski definition) is 2. The maximum Gasteiger partial charge on any atom is 0.229 e. The molecule has 1 aromatic carbocycles. The summed E-state index contributed by atoms with van der Waals surface area (Å²) in [5, 5.41) is 26.9. The molecule has 0 unspecified atom stereocenters. The number of tetrazole rings is 1. The first kappa shape index (κ1) is 22.5. The van der Waals surface area contributed by atoms with Gasteiger partial charge in [-0.1, -0.05) is 0 Å². The molecule has 3 heterocycles. The van der Waals surface area contributed by atoms with Crippen LogP contribution in [0, 0.1) is 17.1 Å². The van der Waals surface area contributed by atoms with Crippen molar-refractivity contribution in [3.05, 3.63) is 42.1 Å². The zero-order chi connectivity index (χ0) is 23.8. The summed E-state index contributed by atoms with van der Waals surface area (Å²) < 4.78 is 15.5. The van der Waals surface area contributed by atoms with Crippen LogP contribution in [0.4, 0.5) is 21.8 Å². The number of anilines is 3. The minimum atomic E-state index is -0.469. The number of benzene rings is 1. The van der Waals surface area contributed by atoms with Gasteiger partial charge in [-0.2, -0.15) is 14.9 Å². The predicted octanol–water partition coefficient (Wildman–Crippen LogP) is 3.27. The van der Waals surface area contributed by atoms with Crippen LogP contribution in [-0.2, 0) is 0 Å². The number of nitrogens with zero attached hydrogens (tertiary/aromatic N) is 8. The van der Waals surface area contributed by atoms with Gasteiger partial charge in [0.25, 0.3) is 0 Å². The second kappa shape index (κ2) is 8.37. The second-order valence-electron chi connectivity index (χ2n) is 9.55. The Kier molecular flexibility index (Phi) is 5.71. The zero-order valence-corrected chi connectivity index (χ0v) is 19.3. The summed E-state index contributed by atoms with van der Waals surface area (Å²) in [5.41, 5.74) is 1.08. The van der Waals surface area contributed by atoms with Crippen molar-refractivity contribution >= 4 is 17.5 Å². The molecule has 0 amide bonds. The van der Waals surface area contributed by atoms with Crippen LogP contribution in [0.15, 0.2) is 30.7 Å². The summed E-state index contributed by atoms with van der Waals surface area (Å²) in [6.07, 6.45) is 4.59. The molecule has 172 valence electrons. The van der Waals surface area contributed by atoms with E-state index in [1.807, 2.05) is 0 Å². The number of rotatable bonds is 5. The van der Waals surface area contributed by atoms with E-state index in [-0.39, 0.29) is 28.8 Å². The summed E-state index contributed by atoms with van der Waals surface area (Å²) in [5.74, 6) is 0.291. The molecular weight excluding hydrogens is 423 g/mol. The first-order valence-corrected chi connectivity index (χ1v) is 10.7. The molecule has 11 heteroatoms. The minimum Gasteiger partial charge on any atom is -0.366 e. The largest absolute Gasteiger partial charge is 0.366 e. The van der Waals surface area contributed by atoms with Crippen LogP contribution in [0.1, 0.15) is 46.1 Å². The summed E-state index contributed by atoms with van der Waals surface area (Å²) in [6, 6.07) is 6.74. The van der Waals surface area contributed by atoms with Gasteiger partial charge < -0.3 is 10.6 Å². The Balaban J connectivity index is 1.58. The van der Waals surface area contributed by atoms with Crippen molar-refractivity contribution in [2.75, 3.05) is 17.7 Å². The number of piperidine rings is 1. The van der Waals surface area contributed by atoms with Crippen LogP contribution >= 0.6 is 0 Å². The Hall–Kier alpha value is -3.65. The van der Waals surface area contributed by atoms with Gasteiger partial charge >= 0.3 is 0 Å². The van der Waals surface area contributed by atoms with Crippen molar-refractivity contribution in [1.29, 1.82) is 5.26 Å². The molecule has 1 saturated heterocycles. The third kappa shape index (κ3) is 4.61. The molecule has 4 rings (SSSR count). The highest BCUT2D eigenvalue weighted by atomic mass is 19.1. The molecule has 1 aliphatic rings. The summed E-state index contributed by atoms with van der Waals surface area (Å²) in [7, 11) is 2.15.